The summed E-state index contributed by atoms with van der Waals surface area (Å²) in [4.78, 5) is 0. The van der Waals surface area contributed by atoms with Crippen LogP contribution in [0.1, 0.15) is 18.9 Å². The molecule has 4 heteroatoms. The molecule has 0 aliphatic rings. The SMILES string of the molecule is CCCn1nccc1-c1ccc(CNC)c(Cl)c1. The fourth-order valence-corrected chi connectivity index (χ4v) is 2.26. The van der Waals surface area contributed by atoms with Crippen molar-refractivity contribution in [3.8, 4) is 11.3 Å². The van der Waals surface area contributed by atoms with Crippen molar-refractivity contribution < 1.29 is 0 Å². The topological polar surface area (TPSA) is 29.9 Å². The van der Waals surface area contributed by atoms with Crippen molar-refractivity contribution >= 4 is 11.6 Å². The Kier molecular flexibility index (Phi) is 4.39. The molecule has 2 rings (SSSR count). The molecule has 18 heavy (non-hydrogen) atoms. The number of nitrogens with zero attached hydrogens (tertiary/aromatic N) is 2. The van der Waals surface area contributed by atoms with Gasteiger partial charge in [-0.1, -0.05) is 30.7 Å². The standard InChI is InChI=1S/C14H18ClN3/c1-3-8-18-14(6-7-17-18)11-4-5-12(10-16-2)13(15)9-11/h4-7,9,16H,3,8,10H2,1-2H3. The second-order valence-electron chi connectivity index (χ2n) is 4.28. The van der Waals surface area contributed by atoms with Gasteiger partial charge in [0.1, 0.15) is 0 Å². The molecular formula is C14H18ClN3. The number of hydrogen-bond donors (Lipinski definition) is 1. The highest BCUT2D eigenvalue weighted by atomic mass is 35.5. The first-order valence-corrected chi connectivity index (χ1v) is 6.59. The number of benzene rings is 1. The Hall–Kier alpha value is -1.32. The van der Waals surface area contributed by atoms with Crippen LogP contribution < -0.4 is 5.32 Å². The fourth-order valence-electron chi connectivity index (χ4n) is 2.01. The van der Waals surface area contributed by atoms with Gasteiger partial charge in [0.25, 0.3) is 0 Å². The quantitative estimate of drug-likeness (QED) is 0.897. The van der Waals surface area contributed by atoms with Crippen LogP contribution in [0.15, 0.2) is 30.5 Å². The van der Waals surface area contributed by atoms with Gasteiger partial charge in [-0.05, 0) is 31.2 Å². The maximum atomic E-state index is 6.28. The summed E-state index contributed by atoms with van der Waals surface area (Å²) in [6.07, 6.45) is 2.90. The van der Waals surface area contributed by atoms with Gasteiger partial charge in [0.15, 0.2) is 0 Å². The molecule has 3 nitrogen and oxygen atoms in total. The van der Waals surface area contributed by atoms with Crippen LogP contribution in [-0.4, -0.2) is 16.8 Å². The van der Waals surface area contributed by atoms with Gasteiger partial charge >= 0.3 is 0 Å². The van der Waals surface area contributed by atoms with Crippen LogP contribution in [-0.2, 0) is 13.1 Å². The van der Waals surface area contributed by atoms with Gasteiger partial charge in [-0.15, -0.1) is 0 Å². The third-order valence-corrected chi connectivity index (χ3v) is 3.22. The number of halogens is 1. The molecule has 1 heterocycles. The van der Waals surface area contributed by atoms with E-state index in [4.69, 9.17) is 11.6 Å². The van der Waals surface area contributed by atoms with E-state index in [1.165, 1.54) is 0 Å². The van der Waals surface area contributed by atoms with E-state index in [-0.39, 0.29) is 0 Å². The summed E-state index contributed by atoms with van der Waals surface area (Å²) in [6.45, 7) is 3.86. The van der Waals surface area contributed by atoms with Gasteiger partial charge < -0.3 is 5.32 Å². The van der Waals surface area contributed by atoms with Gasteiger partial charge in [0, 0.05) is 29.9 Å². The third-order valence-electron chi connectivity index (χ3n) is 2.87. The second-order valence-corrected chi connectivity index (χ2v) is 4.68. The maximum absolute atomic E-state index is 6.28. The van der Waals surface area contributed by atoms with E-state index in [1.807, 2.05) is 30.1 Å². The van der Waals surface area contributed by atoms with E-state index >= 15 is 0 Å². The first-order valence-electron chi connectivity index (χ1n) is 6.21. The highest BCUT2D eigenvalue weighted by molar-refractivity contribution is 6.31. The minimum absolute atomic E-state index is 0.785. The van der Waals surface area contributed by atoms with E-state index in [0.717, 1.165) is 41.4 Å². The van der Waals surface area contributed by atoms with Gasteiger partial charge in [0.05, 0.1) is 5.69 Å². The van der Waals surface area contributed by atoms with Crippen molar-refractivity contribution in [2.45, 2.75) is 26.4 Å². The summed E-state index contributed by atoms with van der Waals surface area (Å²) in [7, 11) is 1.92. The van der Waals surface area contributed by atoms with E-state index in [9.17, 15) is 0 Å². The van der Waals surface area contributed by atoms with E-state index in [2.05, 4.69) is 29.5 Å². The van der Waals surface area contributed by atoms with Gasteiger partial charge in [0.2, 0.25) is 0 Å². The van der Waals surface area contributed by atoms with Crippen molar-refractivity contribution in [3.05, 3.63) is 41.0 Å². The van der Waals surface area contributed by atoms with Crippen LogP contribution in [0.3, 0.4) is 0 Å². The molecule has 0 bridgehead atoms. The molecule has 1 N–H and O–H groups in total. The van der Waals surface area contributed by atoms with Crippen LogP contribution in [0, 0.1) is 0 Å². The molecule has 0 radical (unpaired) electrons. The molecule has 0 amide bonds. The molecule has 1 aromatic heterocycles. The van der Waals surface area contributed by atoms with Crippen molar-refractivity contribution in [1.82, 2.24) is 15.1 Å². The molecule has 0 fully saturated rings. The summed E-state index contributed by atoms with van der Waals surface area (Å²) in [5.41, 5.74) is 3.35. The summed E-state index contributed by atoms with van der Waals surface area (Å²) < 4.78 is 2.02. The molecule has 0 aliphatic heterocycles. The first-order chi connectivity index (χ1) is 8.76. The highest BCUT2D eigenvalue weighted by Crippen LogP contribution is 2.25. The Morgan fingerprint density at radius 1 is 1.33 bits per heavy atom. The molecule has 2 aromatic rings. The number of aromatic nitrogens is 2. The lowest BCUT2D eigenvalue weighted by atomic mass is 10.1. The normalized spacial score (nSPS) is 10.8. The van der Waals surface area contributed by atoms with E-state index in [0.29, 0.717) is 0 Å². The number of hydrogen-bond acceptors (Lipinski definition) is 2. The van der Waals surface area contributed by atoms with E-state index in [1.54, 1.807) is 0 Å². The van der Waals surface area contributed by atoms with Gasteiger partial charge in [-0.3, -0.25) is 4.68 Å². The van der Waals surface area contributed by atoms with Crippen LogP contribution in [0.25, 0.3) is 11.3 Å². The Labute approximate surface area is 113 Å². The van der Waals surface area contributed by atoms with Gasteiger partial charge in [-0.25, -0.2) is 0 Å². The minimum atomic E-state index is 0.785. The first kappa shape index (κ1) is 13.1. The zero-order chi connectivity index (χ0) is 13.0. The van der Waals surface area contributed by atoms with Crippen molar-refractivity contribution in [3.63, 3.8) is 0 Å². The molecule has 0 unspecified atom stereocenters. The molecule has 0 atom stereocenters. The maximum Gasteiger partial charge on any atom is 0.0682 e. The molecular weight excluding hydrogens is 246 g/mol. The molecule has 96 valence electrons. The molecule has 0 saturated heterocycles. The Bertz CT molecular complexity index is 520. The van der Waals surface area contributed by atoms with Crippen LogP contribution in [0.5, 0.6) is 0 Å². The summed E-state index contributed by atoms with van der Waals surface area (Å²) in [6, 6.07) is 8.20. The number of aryl methyl sites for hydroxylation is 1. The molecule has 0 spiro atoms. The largest absolute Gasteiger partial charge is 0.316 e. The number of nitrogens with one attached hydrogen (secondary N) is 1. The lowest BCUT2D eigenvalue weighted by Gasteiger charge is -2.09. The zero-order valence-corrected chi connectivity index (χ0v) is 11.5. The second kappa shape index (κ2) is 6.03. The summed E-state index contributed by atoms with van der Waals surface area (Å²) >= 11 is 6.28. The average molecular weight is 264 g/mol. The predicted octanol–water partition coefficient (Wildman–Crippen LogP) is 3.33. The van der Waals surface area contributed by atoms with Crippen molar-refractivity contribution in [2.24, 2.45) is 0 Å². The molecule has 0 saturated carbocycles. The predicted molar refractivity (Wildman–Crippen MR) is 75.7 cm³/mol. The lowest BCUT2D eigenvalue weighted by Crippen LogP contribution is -2.06. The minimum Gasteiger partial charge on any atom is -0.316 e. The number of rotatable bonds is 5. The fraction of sp³-hybridized carbons (Fsp3) is 0.357. The van der Waals surface area contributed by atoms with Gasteiger partial charge in [-0.2, -0.15) is 5.10 Å². The van der Waals surface area contributed by atoms with Crippen LogP contribution in [0.2, 0.25) is 5.02 Å². The highest BCUT2D eigenvalue weighted by Gasteiger charge is 2.07. The third kappa shape index (κ3) is 2.74. The van der Waals surface area contributed by atoms with Crippen LogP contribution >= 0.6 is 11.6 Å². The molecule has 0 aliphatic carbocycles. The van der Waals surface area contributed by atoms with Crippen molar-refractivity contribution in [1.29, 1.82) is 0 Å². The smallest absolute Gasteiger partial charge is 0.0682 e. The van der Waals surface area contributed by atoms with Crippen LogP contribution in [0.4, 0.5) is 0 Å². The zero-order valence-electron chi connectivity index (χ0n) is 10.8. The Balaban J connectivity index is 2.33. The van der Waals surface area contributed by atoms with E-state index < -0.39 is 0 Å². The average Bonchev–Trinajstić information content (AvgIpc) is 2.81. The Morgan fingerprint density at radius 3 is 2.83 bits per heavy atom. The monoisotopic (exact) mass is 263 g/mol. The molecule has 1 aromatic carbocycles. The summed E-state index contributed by atoms with van der Waals surface area (Å²) in [5, 5.41) is 8.24. The Morgan fingerprint density at radius 2 is 2.17 bits per heavy atom. The van der Waals surface area contributed by atoms with Crippen molar-refractivity contribution in [2.75, 3.05) is 7.05 Å². The summed E-state index contributed by atoms with van der Waals surface area (Å²) in [5.74, 6) is 0. The lowest BCUT2D eigenvalue weighted by molar-refractivity contribution is 0.609.